The first kappa shape index (κ1) is 13.8. The Morgan fingerprint density at radius 3 is 2.84 bits per heavy atom. The number of aromatic nitrogens is 1. The van der Waals surface area contributed by atoms with E-state index >= 15 is 0 Å². The molecule has 0 fully saturated rings. The van der Waals surface area contributed by atoms with Crippen LogP contribution in [-0.4, -0.2) is 11.6 Å². The number of hydrogen-bond acceptors (Lipinski definition) is 3. The van der Waals surface area contributed by atoms with Gasteiger partial charge in [0.25, 0.3) is 0 Å². The number of pyridine rings is 1. The van der Waals surface area contributed by atoms with E-state index in [-0.39, 0.29) is 11.6 Å². The minimum Gasteiger partial charge on any atom is -0.491 e. The van der Waals surface area contributed by atoms with Crippen LogP contribution in [0.2, 0.25) is 0 Å². The van der Waals surface area contributed by atoms with Crippen molar-refractivity contribution >= 4 is 21.6 Å². The fourth-order valence-corrected chi connectivity index (χ4v) is 2.05. The predicted octanol–water partition coefficient (Wildman–Crippen LogP) is 3.99. The van der Waals surface area contributed by atoms with Crippen molar-refractivity contribution in [3.8, 4) is 5.75 Å². The topological polar surface area (TPSA) is 34.1 Å². The molecule has 1 aromatic carbocycles. The summed E-state index contributed by atoms with van der Waals surface area (Å²) in [6.07, 6.45) is 3.49. The Bertz CT molecular complexity index is 563. The zero-order chi connectivity index (χ0) is 13.7. The van der Waals surface area contributed by atoms with E-state index in [0.717, 1.165) is 10.0 Å². The highest BCUT2D eigenvalue weighted by atomic mass is 79.9. The molecular weight excluding hydrogens is 311 g/mol. The molecule has 2 aromatic rings. The van der Waals surface area contributed by atoms with Crippen molar-refractivity contribution in [2.24, 2.45) is 0 Å². The van der Waals surface area contributed by atoms with Crippen LogP contribution in [0.15, 0.2) is 41.1 Å². The quantitative estimate of drug-likeness (QED) is 0.902. The van der Waals surface area contributed by atoms with Gasteiger partial charge in [-0.3, -0.25) is 4.98 Å². The molecule has 0 bridgehead atoms. The van der Waals surface area contributed by atoms with Gasteiger partial charge in [-0.25, -0.2) is 4.39 Å². The molecule has 1 heterocycles. The molecule has 0 aliphatic rings. The lowest BCUT2D eigenvalue weighted by molar-refractivity contribution is 0.321. The largest absolute Gasteiger partial charge is 0.491 e. The van der Waals surface area contributed by atoms with Crippen molar-refractivity contribution < 1.29 is 9.13 Å². The number of nitrogens with zero attached hydrogens (tertiary/aromatic N) is 1. The van der Waals surface area contributed by atoms with E-state index in [4.69, 9.17) is 4.74 Å². The zero-order valence-corrected chi connectivity index (χ0v) is 12.1. The molecule has 0 saturated carbocycles. The van der Waals surface area contributed by atoms with Gasteiger partial charge in [-0.15, -0.1) is 0 Å². The van der Waals surface area contributed by atoms with E-state index in [1.807, 2.05) is 13.0 Å². The summed E-state index contributed by atoms with van der Waals surface area (Å²) in [5.41, 5.74) is 1.73. The number of halogens is 2. The molecule has 0 radical (unpaired) electrons. The summed E-state index contributed by atoms with van der Waals surface area (Å²) >= 11 is 3.36. The van der Waals surface area contributed by atoms with Crippen LogP contribution in [0.25, 0.3) is 0 Å². The molecule has 0 aliphatic carbocycles. The standard InChI is InChI=1S/C14H14BrFN2O/c1-2-19-14-4-3-12(6-13(14)16)18-8-10-5-11(15)9-17-7-10/h3-7,9,18H,2,8H2,1H3. The minimum absolute atomic E-state index is 0.275. The second-order valence-electron chi connectivity index (χ2n) is 3.94. The monoisotopic (exact) mass is 324 g/mol. The number of hydrogen-bond donors (Lipinski definition) is 1. The Morgan fingerprint density at radius 1 is 1.32 bits per heavy atom. The maximum absolute atomic E-state index is 13.6. The van der Waals surface area contributed by atoms with Crippen LogP contribution in [-0.2, 0) is 6.54 Å². The van der Waals surface area contributed by atoms with Gasteiger partial charge in [0.15, 0.2) is 11.6 Å². The van der Waals surface area contributed by atoms with Crippen molar-refractivity contribution in [1.82, 2.24) is 4.98 Å². The van der Waals surface area contributed by atoms with Gasteiger partial charge in [-0.2, -0.15) is 0 Å². The van der Waals surface area contributed by atoms with Gasteiger partial charge in [-0.05, 0) is 46.6 Å². The van der Waals surface area contributed by atoms with Crippen LogP contribution >= 0.6 is 15.9 Å². The highest BCUT2D eigenvalue weighted by Crippen LogP contribution is 2.21. The third-order valence-electron chi connectivity index (χ3n) is 2.49. The van der Waals surface area contributed by atoms with Gasteiger partial charge in [-0.1, -0.05) is 0 Å². The molecule has 3 nitrogen and oxygen atoms in total. The van der Waals surface area contributed by atoms with Crippen molar-refractivity contribution in [2.75, 3.05) is 11.9 Å². The fourth-order valence-electron chi connectivity index (χ4n) is 1.64. The second-order valence-corrected chi connectivity index (χ2v) is 4.86. The number of nitrogens with one attached hydrogen (secondary N) is 1. The Labute approximate surface area is 119 Å². The number of benzene rings is 1. The van der Waals surface area contributed by atoms with E-state index in [1.54, 1.807) is 24.5 Å². The SMILES string of the molecule is CCOc1ccc(NCc2cncc(Br)c2)cc1F. The van der Waals surface area contributed by atoms with Crippen LogP contribution < -0.4 is 10.1 Å². The van der Waals surface area contributed by atoms with Crippen LogP contribution in [0.5, 0.6) is 5.75 Å². The first-order chi connectivity index (χ1) is 9.19. The molecule has 0 atom stereocenters. The van der Waals surface area contributed by atoms with Crippen LogP contribution in [0, 0.1) is 5.82 Å². The molecule has 1 aromatic heterocycles. The normalized spacial score (nSPS) is 10.3. The summed E-state index contributed by atoms with van der Waals surface area (Å²) in [6.45, 7) is 2.86. The number of ether oxygens (including phenoxy) is 1. The van der Waals surface area contributed by atoms with Gasteiger partial charge in [0.2, 0.25) is 0 Å². The van der Waals surface area contributed by atoms with Crippen molar-refractivity contribution in [3.05, 3.63) is 52.5 Å². The molecule has 0 saturated heterocycles. The average Bonchev–Trinajstić information content (AvgIpc) is 2.39. The van der Waals surface area contributed by atoms with Crippen LogP contribution in [0.1, 0.15) is 12.5 Å². The maximum Gasteiger partial charge on any atom is 0.167 e. The van der Waals surface area contributed by atoms with Gasteiger partial charge in [0.1, 0.15) is 0 Å². The molecule has 0 aliphatic heterocycles. The summed E-state index contributed by atoms with van der Waals surface area (Å²) in [5, 5.41) is 3.14. The van der Waals surface area contributed by atoms with Crippen LogP contribution in [0.4, 0.5) is 10.1 Å². The summed E-state index contributed by atoms with van der Waals surface area (Å²) in [4.78, 5) is 4.07. The molecule has 0 unspecified atom stereocenters. The second kappa shape index (κ2) is 6.52. The molecule has 2 rings (SSSR count). The number of anilines is 1. The number of rotatable bonds is 5. The third kappa shape index (κ3) is 3.92. The van der Waals surface area contributed by atoms with Gasteiger partial charge >= 0.3 is 0 Å². The lowest BCUT2D eigenvalue weighted by Crippen LogP contribution is -2.01. The van der Waals surface area contributed by atoms with Crippen molar-refractivity contribution in [2.45, 2.75) is 13.5 Å². The van der Waals surface area contributed by atoms with E-state index < -0.39 is 0 Å². The molecular formula is C14H14BrFN2O. The minimum atomic E-state index is -0.362. The van der Waals surface area contributed by atoms with Gasteiger partial charge < -0.3 is 10.1 Å². The Kier molecular flexibility index (Phi) is 4.74. The highest BCUT2D eigenvalue weighted by Gasteiger charge is 2.04. The fraction of sp³-hybridized carbons (Fsp3) is 0.214. The first-order valence-electron chi connectivity index (χ1n) is 5.94. The molecule has 19 heavy (non-hydrogen) atoms. The Hall–Kier alpha value is -1.62. The van der Waals surface area contributed by atoms with Gasteiger partial charge in [0.05, 0.1) is 6.61 Å². The average molecular weight is 325 g/mol. The summed E-state index contributed by atoms with van der Waals surface area (Å²) in [7, 11) is 0. The van der Waals surface area contributed by atoms with E-state index in [2.05, 4.69) is 26.2 Å². The summed E-state index contributed by atoms with van der Waals surface area (Å²) < 4.78 is 19.7. The highest BCUT2D eigenvalue weighted by molar-refractivity contribution is 9.10. The molecule has 0 spiro atoms. The lowest BCUT2D eigenvalue weighted by atomic mass is 10.2. The smallest absolute Gasteiger partial charge is 0.167 e. The molecule has 5 heteroatoms. The lowest BCUT2D eigenvalue weighted by Gasteiger charge is -2.09. The first-order valence-corrected chi connectivity index (χ1v) is 6.74. The molecule has 100 valence electrons. The Balaban J connectivity index is 2.02. The van der Waals surface area contributed by atoms with E-state index in [9.17, 15) is 4.39 Å². The van der Waals surface area contributed by atoms with Crippen molar-refractivity contribution in [3.63, 3.8) is 0 Å². The summed E-state index contributed by atoms with van der Waals surface area (Å²) in [5.74, 6) is -0.0867. The predicted molar refractivity (Wildman–Crippen MR) is 76.8 cm³/mol. The molecule has 0 amide bonds. The third-order valence-corrected chi connectivity index (χ3v) is 2.92. The van der Waals surface area contributed by atoms with E-state index in [1.165, 1.54) is 6.07 Å². The Morgan fingerprint density at radius 2 is 2.16 bits per heavy atom. The maximum atomic E-state index is 13.6. The zero-order valence-electron chi connectivity index (χ0n) is 10.5. The van der Waals surface area contributed by atoms with Gasteiger partial charge in [0, 0.05) is 35.2 Å². The van der Waals surface area contributed by atoms with Crippen LogP contribution in [0.3, 0.4) is 0 Å². The molecule has 1 N–H and O–H groups in total. The van der Waals surface area contributed by atoms with E-state index in [0.29, 0.717) is 18.8 Å². The summed E-state index contributed by atoms with van der Waals surface area (Å²) in [6, 6.07) is 6.81. The van der Waals surface area contributed by atoms with Crippen molar-refractivity contribution in [1.29, 1.82) is 0 Å².